The van der Waals surface area contributed by atoms with Gasteiger partial charge in [0.1, 0.15) is 11.5 Å². The highest BCUT2D eigenvalue weighted by molar-refractivity contribution is 5.98. The van der Waals surface area contributed by atoms with Crippen molar-refractivity contribution in [3.63, 3.8) is 0 Å². The topological polar surface area (TPSA) is 31.4 Å². The lowest BCUT2D eigenvalue weighted by Crippen LogP contribution is -1.93. The summed E-state index contributed by atoms with van der Waals surface area (Å²) in [4.78, 5) is 4.61. The van der Waals surface area contributed by atoms with Gasteiger partial charge in [0, 0.05) is 16.3 Å². The molecule has 3 aromatic rings. The van der Waals surface area contributed by atoms with Crippen LogP contribution in [0.2, 0.25) is 0 Å². The number of aromatic nitrogens is 1. The minimum atomic E-state index is 0.522. The zero-order valence-electron chi connectivity index (χ0n) is 14.0. The number of pyridine rings is 1. The van der Waals surface area contributed by atoms with Gasteiger partial charge in [0.2, 0.25) is 0 Å². The van der Waals surface area contributed by atoms with E-state index in [1.165, 1.54) is 5.56 Å². The lowest BCUT2D eigenvalue weighted by molar-refractivity contribution is 0.411. The third-order valence-electron chi connectivity index (χ3n) is 4.13. The maximum atomic E-state index is 5.45. The van der Waals surface area contributed by atoms with Gasteiger partial charge < -0.3 is 9.47 Å². The zero-order valence-corrected chi connectivity index (χ0v) is 14.0. The highest BCUT2D eigenvalue weighted by Gasteiger charge is 2.11. The van der Waals surface area contributed by atoms with Crippen molar-refractivity contribution in [1.29, 1.82) is 0 Å². The molecule has 2 aromatic carbocycles. The highest BCUT2D eigenvalue weighted by Crippen LogP contribution is 2.35. The molecule has 0 radical (unpaired) electrons. The Bertz CT molecular complexity index is 823. The molecule has 0 bridgehead atoms. The Morgan fingerprint density at radius 1 is 0.870 bits per heavy atom. The van der Waals surface area contributed by atoms with Gasteiger partial charge in [-0.1, -0.05) is 38.1 Å². The number of ether oxygens (including phenoxy) is 2. The number of hydrogen-bond donors (Lipinski definition) is 0. The van der Waals surface area contributed by atoms with E-state index in [9.17, 15) is 0 Å². The van der Waals surface area contributed by atoms with Crippen LogP contribution in [0, 0.1) is 0 Å². The van der Waals surface area contributed by atoms with Crippen LogP contribution in [0.5, 0.6) is 11.5 Å². The van der Waals surface area contributed by atoms with Gasteiger partial charge in [-0.2, -0.15) is 0 Å². The molecule has 3 rings (SSSR count). The van der Waals surface area contributed by atoms with Gasteiger partial charge in [-0.3, -0.25) is 4.98 Å². The van der Waals surface area contributed by atoms with Gasteiger partial charge in [0.25, 0.3) is 0 Å². The molecule has 0 aliphatic carbocycles. The summed E-state index contributed by atoms with van der Waals surface area (Å²) in [6.07, 6.45) is 1.77. The van der Waals surface area contributed by atoms with Crippen LogP contribution in [0.15, 0.2) is 48.7 Å². The van der Waals surface area contributed by atoms with Crippen molar-refractivity contribution >= 4 is 10.8 Å². The maximum absolute atomic E-state index is 5.45. The van der Waals surface area contributed by atoms with E-state index in [0.717, 1.165) is 33.5 Å². The second-order valence-corrected chi connectivity index (χ2v) is 5.86. The van der Waals surface area contributed by atoms with Gasteiger partial charge in [0.05, 0.1) is 26.1 Å². The van der Waals surface area contributed by atoms with Gasteiger partial charge in [0.15, 0.2) is 0 Å². The van der Waals surface area contributed by atoms with Crippen LogP contribution in [0.25, 0.3) is 22.0 Å². The quantitative estimate of drug-likeness (QED) is 0.676. The fourth-order valence-electron chi connectivity index (χ4n) is 2.74. The Labute approximate surface area is 136 Å². The third kappa shape index (κ3) is 2.87. The van der Waals surface area contributed by atoms with Crippen LogP contribution in [0.1, 0.15) is 25.3 Å². The Kier molecular flexibility index (Phi) is 4.20. The molecular formula is C20H21NO2. The molecular weight excluding hydrogens is 286 g/mol. The van der Waals surface area contributed by atoms with Crippen molar-refractivity contribution in [3.05, 3.63) is 54.2 Å². The van der Waals surface area contributed by atoms with Crippen LogP contribution < -0.4 is 9.47 Å². The molecule has 1 aromatic heterocycles. The van der Waals surface area contributed by atoms with Crippen LogP contribution >= 0.6 is 0 Å². The Hall–Kier alpha value is -2.55. The first kappa shape index (κ1) is 15.3. The molecule has 0 spiro atoms. The fourth-order valence-corrected chi connectivity index (χ4v) is 2.74. The van der Waals surface area contributed by atoms with E-state index in [1.807, 2.05) is 18.2 Å². The molecule has 0 amide bonds. The first-order valence-electron chi connectivity index (χ1n) is 7.75. The van der Waals surface area contributed by atoms with Crippen LogP contribution in [-0.2, 0) is 0 Å². The van der Waals surface area contributed by atoms with Crippen LogP contribution in [0.3, 0.4) is 0 Å². The molecule has 3 nitrogen and oxygen atoms in total. The third-order valence-corrected chi connectivity index (χ3v) is 4.13. The summed E-state index contributed by atoms with van der Waals surface area (Å²) in [6, 6.07) is 14.6. The van der Waals surface area contributed by atoms with E-state index in [4.69, 9.17) is 9.47 Å². The molecule has 0 N–H and O–H groups in total. The van der Waals surface area contributed by atoms with Gasteiger partial charge in [-0.15, -0.1) is 0 Å². The number of fused-ring (bicyclic) bond motifs is 1. The lowest BCUT2D eigenvalue weighted by atomic mass is 9.98. The zero-order chi connectivity index (χ0) is 16.4. The Morgan fingerprint density at radius 3 is 2.22 bits per heavy atom. The minimum Gasteiger partial charge on any atom is -0.497 e. The second-order valence-electron chi connectivity index (χ2n) is 5.86. The van der Waals surface area contributed by atoms with Crippen molar-refractivity contribution in [3.8, 4) is 22.8 Å². The number of nitrogens with zero attached hydrogens (tertiary/aromatic N) is 1. The molecule has 118 valence electrons. The van der Waals surface area contributed by atoms with E-state index in [2.05, 4.69) is 43.1 Å². The SMILES string of the molecule is COc1ccc2c(-c3ccc(C(C)C)cc3)ncc(OC)c2c1. The summed E-state index contributed by atoms with van der Waals surface area (Å²) in [6.45, 7) is 4.39. The average molecular weight is 307 g/mol. The van der Waals surface area contributed by atoms with Crippen molar-refractivity contribution in [2.24, 2.45) is 0 Å². The molecule has 0 saturated carbocycles. The molecule has 23 heavy (non-hydrogen) atoms. The van der Waals surface area contributed by atoms with Crippen LogP contribution in [-0.4, -0.2) is 19.2 Å². The van der Waals surface area contributed by atoms with E-state index in [0.29, 0.717) is 5.92 Å². The molecule has 3 heteroatoms. The number of rotatable bonds is 4. The Morgan fingerprint density at radius 2 is 1.61 bits per heavy atom. The van der Waals surface area contributed by atoms with E-state index < -0.39 is 0 Å². The van der Waals surface area contributed by atoms with Crippen molar-refractivity contribution in [2.75, 3.05) is 14.2 Å². The molecule has 0 aliphatic rings. The number of hydrogen-bond acceptors (Lipinski definition) is 3. The molecule has 0 saturated heterocycles. The highest BCUT2D eigenvalue weighted by atomic mass is 16.5. The monoisotopic (exact) mass is 307 g/mol. The van der Waals surface area contributed by atoms with Crippen LogP contribution in [0.4, 0.5) is 0 Å². The first-order chi connectivity index (χ1) is 11.1. The Balaban J connectivity index is 2.17. The van der Waals surface area contributed by atoms with Gasteiger partial charge >= 0.3 is 0 Å². The van der Waals surface area contributed by atoms with Crippen molar-refractivity contribution in [1.82, 2.24) is 4.98 Å². The normalized spacial score (nSPS) is 11.0. The summed E-state index contributed by atoms with van der Waals surface area (Å²) < 4.78 is 10.8. The molecule has 0 aliphatic heterocycles. The molecule has 1 heterocycles. The van der Waals surface area contributed by atoms with E-state index in [-0.39, 0.29) is 0 Å². The van der Waals surface area contributed by atoms with Gasteiger partial charge in [-0.05, 0) is 29.7 Å². The largest absolute Gasteiger partial charge is 0.497 e. The summed E-state index contributed by atoms with van der Waals surface area (Å²) in [5.41, 5.74) is 3.39. The summed E-state index contributed by atoms with van der Waals surface area (Å²) in [5, 5.41) is 2.06. The summed E-state index contributed by atoms with van der Waals surface area (Å²) >= 11 is 0. The van der Waals surface area contributed by atoms with Crippen molar-refractivity contribution in [2.45, 2.75) is 19.8 Å². The molecule has 0 unspecified atom stereocenters. The standard InChI is InChI=1S/C20H21NO2/c1-13(2)14-5-7-15(8-6-14)20-17-10-9-16(22-3)11-18(17)19(23-4)12-21-20/h5-13H,1-4H3. The smallest absolute Gasteiger partial charge is 0.145 e. The minimum absolute atomic E-state index is 0.522. The second kappa shape index (κ2) is 6.29. The number of methoxy groups -OCH3 is 2. The first-order valence-corrected chi connectivity index (χ1v) is 7.75. The fraction of sp³-hybridized carbons (Fsp3) is 0.250. The molecule has 0 atom stereocenters. The summed E-state index contributed by atoms with van der Waals surface area (Å²) in [7, 11) is 3.33. The average Bonchev–Trinajstić information content (AvgIpc) is 2.60. The van der Waals surface area contributed by atoms with E-state index in [1.54, 1.807) is 20.4 Å². The van der Waals surface area contributed by atoms with E-state index >= 15 is 0 Å². The van der Waals surface area contributed by atoms with Crippen molar-refractivity contribution < 1.29 is 9.47 Å². The lowest BCUT2D eigenvalue weighted by Gasteiger charge is -2.12. The predicted octanol–water partition coefficient (Wildman–Crippen LogP) is 5.04. The number of benzene rings is 2. The summed E-state index contributed by atoms with van der Waals surface area (Å²) in [5.74, 6) is 2.08. The maximum Gasteiger partial charge on any atom is 0.145 e. The van der Waals surface area contributed by atoms with Gasteiger partial charge in [-0.25, -0.2) is 0 Å². The molecule has 0 fully saturated rings. The predicted molar refractivity (Wildman–Crippen MR) is 94.4 cm³/mol.